The first kappa shape index (κ1) is 55.3. The highest BCUT2D eigenvalue weighted by atomic mass is 16.6. The molecule has 0 aromatic carbocycles. The molecule has 0 fully saturated rings. The lowest BCUT2D eigenvalue weighted by Gasteiger charge is -2.18. The third-order valence-corrected chi connectivity index (χ3v) is 10.3. The van der Waals surface area contributed by atoms with Gasteiger partial charge in [0.25, 0.3) is 0 Å². The quantitative estimate of drug-likeness (QED) is 0.0348. The van der Waals surface area contributed by atoms with Crippen LogP contribution >= 0.6 is 0 Å². The number of hydrogen-bond donors (Lipinski definition) is 0. The Kier molecular flexibility index (Phi) is 46.5. The molecule has 0 N–H and O–H groups in total. The van der Waals surface area contributed by atoms with Gasteiger partial charge >= 0.3 is 11.9 Å². The third-order valence-electron chi connectivity index (χ3n) is 10.3. The fraction of sp³-hybridized carbons (Fsp3) is 0.736. The van der Waals surface area contributed by atoms with Gasteiger partial charge in [0.15, 0.2) is 6.10 Å². The maximum absolute atomic E-state index is 12.7. The summed E-state index contributed by atoms with van der Waals surface area (Å²) in [5.74, 6) is -0.545. The highest BCUT2D eigenvalue weighted by Crippen LogP contribution is 2.13. The number of unbranched alkanes of at least 4 members (excludes halogenated alkanes) is 22. The maximum atomic E-state index is 12.7. The van der Waals surface area contributed by atoms with Crippen LogP contribution in [0.25, 0.3) is 0 Å². The fourth-order valence-corrected chi connectivity index (χ4v) is 6.64. The van der Waals surface area contributed by atoms with E-state index < -0.39 is 6.10 Å². The highest BCUT2D eigenvalue weighted by molar-refractivity contribution is 5.71. The van der Waals surface area contributed by atoms with Crippen LogP contribution in [0.4, 0.5) is 0 Å². The van der Waals surface area contributed by atoms with Crippen molar-refractivity contribution in [3.8, 4) is 0 Å². The number of allylic oxidation sites excluding steroid dienone is 11. The monoisotopic (exact) mass is 809 g/mol. The first-order chi connectivity index (χ1) is 28.6. The van der Waals surface area contributed by atoms with Gasteiger partial charge < -0.3 is 14.2 Å². The second-order valence-corrected chi connectivity index (χ2v) is 16.0. The summed E-state index contributed by atoms with van der Waals surface area (Å²) in [6.07, 6.45) is 62.2. The van der Waals surface area contributed by atoms with Gasteiger partial charge in [-0.05, 0) is 70.6 Å². The van der Waals surface area contributed by atoms with Crippen molar-refractivity contribution >= 4 is 11.9 Å². The van der Waals surface area contributed by atoms with Crippen molar-refractivity contribution in [2.45, 2.75) is 232 Å². The number of esters is 2. The van der Waals surface area contributed by atoms with E-state index in [1.165, 1.54) is 128 Å². The Balaban J connectivity index is 4.30. The lowest BCUT2D eigenvalue weighted by molar-refractivity contribution is -0.162. The Morgan fingerprint density at radius 2 is 0.828 bits per heavy atom. The van der Waals surface area contributed by atoms with Crippen LogP contribution in [0.2, 0.25) is 0 Å². The minimum Gasteiger partial charge on any atom is -0.461 e. The van der Waals surface area contributed by atoms with E-state index >= 15 is 0 Å². The van der Waals surface area contributed by atoms with Gasteiger partial charge in [-0.15, -0.1) is 0 Å². The molecule has 0 aliphatic rings. The second-order valence-electron chi connectivity index (χ2n) is 16.0. The average molecular weight is 809 g/mol. The zero-order chi connectivity index (χ0) is 42.1. The number of carbonyl (C=O) groups excluding carboxylic acids is 2. The minimum atomic E-state index is -0.575. The standard InChI is InChI=1S/C53H92O5/c1-4-7-10-13-16-19-21-23-25-26-27-29-31-33-36-39-42-45-48-56-49-51(58-53(55)47-44-41-38-34-18-15-12-9-6-3)50-57-52(54)46-43-40-37-35-32-30-28-24-22-20-17-14-11-8-5-2/h8,11,17,20,23-25,28,32,35,40,43,51H,4-7,9-10,12-16,18-19,21-22,26-27,29-31,33-34,36-39,41-42,44-50H2,1-3H3/b11-8-,20-17-,25-23-,28-24-,35-32-,43-40-. The van der Waals surface area contributed by atoms with Gasteiger partial charge in [-0.25, -0.2) is 0 Å². The van der Waals surface area contributed by atoms with Crippen LogP contribution in [0.15, 0.2) is 72.9 Å². The molecule has 334 valence electrons. The third kappa shape index (κ3) is 46.0. The zero-order valence-corrected chi connectivity index (χ0v) is 38.3. The van der Waals surface area contributed by atoms with E-state index in [1.54, 1.807) is 0 Å². The molecule has 0 rings (SSSR count). The van der Waals surface area contributed by atoms with Gasteiger partial charge in [0.05, 0.1) is 13.0 Å². The normalized spacial score (nSPS) is 12.8. The lowest BCUT2D eigenvalue weighted by Crippen LogP contribution is -2.30. The van der Waals surface area contributed by atoms with Crippen LogP contribution in [-0.4, -0.2) is 37.9 Å². The van der Waals surface area contributed by atoms with Crippen LogP contribution in [0.5, 0.6) is 0 Å². The molecule has 1 atom stereocenters. The number of ether oxygens (including phenoxy) is 3. The van der Waals surface area contributed by atoms with Crippen LogP contribution in [-0.2, 0) is 23.8 Å². The Morgan fingerprint density at radius 1 is 0.414 bits per heavy atom. The van der Waals surface area contributed by atoms with E-state index in [4.69, 9.17) is 14.2 Å². The maximum Gasteiger partial charge on any atom is 0.309 e. The van der Waals surface area contributed by atoms with Gasteiger partial charge in [0, 0.05) is 13.0 Å². The molecule has 0 amide bonds. The van der Waals surface area contributed by atoms with Crippen molar-refractivity contribution in [2.75, 3.05) is 19.8 Å². The molecule has 0 bridgehead atoms. The van der Waals surface area contributed by atoms with Crippen molar-refractivity contribution in [3.63, 3.8) is 0 Å². The smallest absolute Gasteiger partial charge is 0.309 e. The summed E-state index contributed by atoms with van der Waals surface area (Å²) >= 11 is 0. The van der Waals surface area contributed by atoms with E-state index in [0.29, 0.717) is 13.0 Å². The predicted octanol–water partition coefficient (Wildman–Crippen LogP) is 16.3. The number of rotatable bonds is 44. The zero-order valence-electron chi connectivity index (χ0n) is 38.3. The van der Waals surface area contributed by atoms with Crippen molar-refractivity contribution in [1.29, 1.82) is 0 Å². The molecule has 58 heavy (non-hydrogen) atoms. The molecule has 0 heterocycles. The molecule has 0 spiro atoms. The first-order valence-electron chi connectivity index (χ1n) is 24.5. The molecule has 0 aromatic heterocycles. The number of carbonyl (C=O) groups is 2. The Morgan fingerprint density at radius 3 is 1.31 bits per heavy atom. The molecular formula is C53H92O5. The molecule has 0 aliphatic carbocycles. The largest absolute Gasteiger partial charge is 0.461 e. The van der Waals surface area contributed by atoms with E-state index in [9.17, 15) is 9.59 Å². The molecule has 5 nitrogen and oxygen atoms in total. The summed E-state index contributed by atoms with van der Waals surface area (Å²) in [6.45, 7) is 7.59. The van der Waals surface area contributed by atoms with Crippen LogP contribution < -0.4 is 0 Å². The van der Waals surface area contributed by atoms with Gasteiger partial charge in [-0.2, -0.15) is 0 Å². The fourth-order valence-electron chi connectivity index (χ4n) is 6.64. The molecule has 0 aliphatic heterocycles. The van der Waals surface area contributed by atoms with E-state index in [2.05, 4.69) is 81.5 Å². The van der Waals surface area contributed by atoms with Crippen LogP contribution in [0, 0.1) is 0 Å². The molecule has 0 saturated carbocycles. The van der Waals surface area contributed by atoms with Gasteiger partial charge in [-0.1, -0.05) is 216 Å². The number of hydrogen-bond acceptors (Lipinski definition) is 5. The van der Waals surface area contributed by atoms with Crippen molar-refractivity contribution in [3.05, 3.63) is 72.9 Å². The summed E-state index contributed by atoms with van der Waals surface area (Å²) < 4.78 is 17.2. The molecule has 1 unspecified atom stereocenters. The summed E-state index contributed by atoms with van der Waals surface area (Å²) in [7, 11) is 0. The van der Waals surface area contributed by atoms with E-state index in [0.717, 1.165) is 64.2 Å². The minimum absolute atomic E-state index is 0.0297. The summed E-state index contributed by atoms with van der Waals surface area (Å²) in [5, 5.41) is 0. The first-order valence-corrected chi connectivity index (χ1v) is 24.5. The predicted molar refractivity (Wildman–Crippen MR) is 251 cm³/mol. The van der Waals surface area contributed by atoms with E-state index in [1.807, 2.05) is 12.2 Å². The Labute approximate surface area is 359 Å². The SMILES string of the molecule is CC/C=C\C/C=C\C/C=C\C/C=C\C/C=C\CC(=O)OCC(COCCCCCCCCCC/C=C\CCCCCCCC)OC(=O)CCCCCCCCCCC. The molecular weight excluding hydrogens is 717 g/mol. The molecule has 5 heteroatoms. The van der Waals surface area contributed by atoms with Crippen LogP contribution in [0.3, 0.4) is 0 Å². The average Bonchev–Trinajstić information content (AvgIpc) is 3.22. The van der Waals surface area contributed by atoms with E-state index in [-0.39, 0.29) is 31.6 Å². The molecule has 0 saturated heterocycles. The topological polar surface area (TPSA) is 61.8 Å². The summed E-state index contributed by atoms with van der Waals surface area (Å²) in [6, 6.07) is 0. The van der Waals surface area contributed by atoms with Crippen molar-refractivity contribution < 1.29 is 23.8 Å². The van der Waals surface area contributed by atoms with Gasteiger partial charge in [0.2, 0.25) is 0 Å². The summed E-state index contributed by atoms with van der Waals surface area (Å²) in [5.41, 5.74) is 0. The van der Waals surface area contributed by atoms with Crippen LogP contribution in [0.1, 0.15) is 226 Å². The summed E-state index contributed by atoms with van der Waals surface area (Å²) in [4.78, 5) is 25.2. The molecule has 0 radical (unpaired) electrons. The van der Waals surface area contributed by atoms with Gasteiger partial charge in [-0.3, -0.25) is 9.59 Å². The Hall–Kier alpha value is -2.66. The Bertz CT molecular complexity index is 1050. The molecule has 0 aromatic rings. The van der Waals surface area contributed by atoms with Gasteiger partial charge in [0.1, 0.15) is 6.61 Å². The lowest BCUT2D eigenvalue weighted by atomic mass is 10.1. The second kappa shape index (κ2) is 48.7. The van der Waals surface area contributed by atoms with Crippen molar-refractivity contribution in [2.24, 2.45) is 0 Å². The highest BCUT2D eigenvalue weighted by Gasteiger charge is 2.17. The van der Waals surface area contributed by atoms with Crippen molar-refractivity contribution in [1.82, 2.24) is 0 Å².